The second-order valence-corrected chi connectivity index (χ2v) is 6.63. The molecule has 1 heterocycles. The third-order valence-electron chi connectivity index (χ3n) is 4.33. The van der Waals surface area contributed by atoms with E-state index in [0.29, 0.717) is 24.7 Å². The molecular formula is C20H27ClN2O2. The lowest BCUT2D eigenvalue weighted by Crippen LogP contribution is -2.51. The molecular weight excluding hydrogens is 336 g/mol. The first-order chi connectivity index (χ1) is 12.1. The number of carbonyl (C=O) groups excluding carboxylic acids is 1. The number of piperazine rings is 1. The van der Waals surface area contributed by atoms with Crippen molar-refractivity contribution in [3.05, 3.63) is 34.9 Å². The number of hydrogen-bond acceptors (Lipinski definition) is 3. The van der Waals surface area contributed by atoms with E-state index in [4.69, 9.17) is 16.3 Å². The first-order valence-electron chi connectivity index (χ1n) is 9.07. The number of carbonyl (C=O) groups is 1. The summed E-state index contributed by atoms with van der Waals surface area (Å²) >= 11 is 6.01. The maximum atomic E-state index is 12.0. The summed E-state index contributed by atoms with van der Waals surface area (Å²) in [6.45, 7) is 7.78. The van der Waals surface area contributed by atoms with E-state index < -0.39 is 0 Å². The summed E-state index contributed by atoms with van der Waals surface area (Å²) in [5.74, 6) is 6.57. The average molecular weight is 363 g/mol. The van der Waals surface area contributed by atoms with E-state index in [1.165, 1.54) is 0 Å². The Morgan fingerprint density at radius 3 is 2.68 bits per heavy atom. The molecule has 25 heavy (non-hydrogen) atoms. The molecule has 136 valence electrons. The van der Waals surface area contributed by atoms with E-state index in [-0.39, 0.29) is 12.1 Å². The molecule has 1 unspecified atom stereocenters. The number of nitrogens with zero attached hydrogens (tertiary/aromatic N) is 2. The van der Waals surface area contributed by atoms with E-state index in [1.807, 2.05) is 24.3 Å². The van der Waals surface area contributed by atoms with Gasteiger partial charge in [0.2, 0.25) is 0 Å². The number of benzene rings is 1. The third-order valence-corrected chi connectivity index (χ3v) is 4.57. The molecule has 0 aliphatic carbocycles. The minimum atomic E-state index is -0.189. The molecule has 1 aliphatic heterocycles. The summed E-state index contributed by atoms with van der Waals surface area (Å²) < 4.78 is 5.29. The van der Waals surface area contributed by atoms with Gasteiger partial charge in [-0.25, -0.2) is 4.79 Å². The average Bonchev–Trinajstić information content (AvgIpc) is 2.63. The lowest BCUT2D eigenvalue weighted by Gasteiger charge is -2.36. The summed E-state index contributed by atoms with van der Waals surface area (Å²) in [7, 11) is 0. The fourth-order valence-corrected chi connectivity index (χ4v) is 2.99. The molecule has 0 saturated carbocycles. The molecule has 4 nitrogen and oxygen atoms in total. The Bertz CT molecular complexity index is 616. The van der Waals surface area contributed by atoms with Crippen LogP contribution in [0.5, 0.6) is 0 Å². The Hall–Kier alpha value is -1.70. The van der Waals surface area contributed by atoms with Crippen molar-refractivity contribution < 1.29 is 9.53 Å². The van der Waals surface area contributed by atoms with Crippen LogP contribution in [0.3, 0.4) is 0 Å². The van der Waals surface area contributed by atoms with Gasteiger partial charge in [-0.15, -0.1) is 0 Å². The lowest BCUT2D eigenvalue weighted by atomic mass is 10.1. The van der Waals surface area contributed by atoms with Gasteiger partial charge >= 0.3 is 6.09 Å². The van der Waals surface area contributed by atoms with Crippen molar-refractivity contribution in [2.75, 3.05) is 32.8 Å². The molecule has 0 N–H and O–H groups in total. The molecule has 0 spiro atoms. The summed E-state index contributed by atoms with van der Waals surface area (Å²) in [6.07, 6.45) is 2.72. The highest BCUT2D eigenvalue weighted by Gasteiger charge is 2.25. The normalized spacial score (nSPS) is 16.0. The molecule has 0 bridgehead atoms. The van der Waals surface area contributed by atoms with Gasteiger partial charge in [0.1, 0.15) is 0 Å². The van der Waals surface area contributed by atoms with Crippen LogP contribution in [0.4, 0.5) is 4.79 Å². The second-order valence-electron chi connectivity index (χ2n) is 6.19. The van der Waals surface area contributed by atoms with Gasteiger partial charge in [-0.05, 0) is 31.0 Å². The van der Waals surface area contributed by atoms with E-state index in [1.54, 1.807) is 4.90 Å². The predicted molar refractivity (Wildman–Crippen MR) is 102 cm³/mol. The van der Waals surface area contributed by atoms with Gasteiger partial charge in [-0.1, -0.05) is 49.8 Å². The second kappa shape index (κ2) is 10.3. The highest BCUT2D eigenvalue weighted by Crippen LogP contribution is 2.12. The van der Waals surface area contributed by atoms with Crippen LogP contribution in [-0.2, 0) is 4.74 Å². The topological polar surface area (TPSA) is 32.8 Å². The fourth-order valence-electron chi connectivity index (χ4n) is 2.80. The largest absolute Gasteiger partial charge is 0.449 e. The number of hydrogen-bond donors (Lipinski definition) is 0. The third kappa shape index (κ3) is 6.26. The quantitative estimate of drug-likeness (QED) is 0.585. The molecule has 0 radical (unpaired) electrons. The van der Waals surface area contributed by atoms with Gasteiger partial charge in [0.15, 0.2) is 0 Å². The Morgan fingerprint density at radius 1 is 1.28 bits per heavy atom. The van der Waals surface area contributed by atoms with Gasteiger partial charge in [0, 0.05) is 36.8 Å². The number of halogens is 1. The first-order valence-corrected chi connectivity index (χ1v) is 9.44. The number of rotatable bonds is 5. The Kier molecular flexibility index (Phi) is 8.11. The number of amides is 1. The minimum Gasteiger partial charge on any atom is -0.449 e. The zero-order valence-corrected chi connectivity index (χ0v) is 15.9. The lowest BCUT2D eigenvalue weighted by molar-refractivity contribution is 0.0694. The van der Waals surface area contributed by atoms with Crippen LogP contribution in [0.1, 0.15) is 38.7 Å². The van der Waals surface area contributed by atoms with Gasteiger partial charge in [-0.2, -0.15) is 0 Å². The van der Waals surface area contributed by atoms with E-state index in [2.05, 4.69) is 30.6 Å². The monoisotopic (exact) mass is 362 g/mol. The van der Waals surface area contributed by atoms with Crippen LogP contribution in [0, 0.1) is 11.8 Å². The summed E-state index contributed by atoms with van der Waals surface area (Å²) in [4.78, 5) is 16.1. The first kappa shape index (κ1) is 19.6. The SMILES string of the molecule is CCCCOC(=O)N1CCN(C(C#Cc2cccc(Cl)c2)CC)CC1. The van der Waals surface area contributed by atoms with Crippen LogP contribution in [0.15, 0.2) is 24.3 Å². The molecule has 1 fully saturated rings. The van der Waals surface area contributed by atoms with E-state index in [0.717, 1.165) is 37.9 Å². The van der Waals surface area contributed by atoms with Crippen LogP contribution in [-0.4, -0.2) is 54.7 Å². The van der Waals surface area contributed by atoms with Crippen molar-refractivity contribution >= 4 is 17.7 Å². The number of ether oxygens (including phenoxy) is 1. The fraction of sp³-hybridized carbons (Fsp3) is 0.550. The molecule has 1 aromatic carbocycles. The predicted octanol–water partition coefficient (Wildman–Crippen LogP) is 4.02. The van der Waals surface area contributed by atoms with Crippen molar-refractivity contribution in [3.8, 4) is 11.8 Å². The van der Waals surface area contributed by atoms with Crippen molar-refractivity contribution in [3.63, 3.8) is 0 Å². The maximum absolute atomic E-state index is 12.0. The minimum absolute atomic E-state index is 0.189. The molecule has 1 aliphatic rings. The number of unbranched alkanes of at least 4 members (excludes halogenated alkanes) is 1. The summed E-state index contributed by atoms with van der Waals surface area (Å²) in [5.41, 5.74) is 0.934. The molecule has 1 aromatic rings. The van der Waals surface area contributed by atoms with Crippen LogP contribution < -0.4 is 0 Å². The zero-order chi connectivity index (χ0) is 18.1. The van der Waals surface area contributed by atoms with Gasteiger partial charge in [0.05, 0.1) is 12.6 Å². The van der Waals surface area contributed by atoms with Crippen molar-refractivity contribution in [2.45, 2.75) is 39.2 Å². The van der Waals surface area contributed by atoms with Crippen molar-refractivity contribution in [2.24, 2.45) is 0 Å². The molecule has 1 saturated heterocycles. The highest BCUT2D eigenvalue weighted by atomic mass is 35.5. The Labute approximate surface area is 156 Å². The molecule has 2 rings (SSSR count). The van der Waals surface area contributed by atoms with Crippen LogP contribution in [0.2, 0.25) is 5.02 Å². The maximum Gasteiger partial charge on any atom is 0.409 e. The Morgan fingerprint density at radius 2 is 2.04 bits per heavy atom. The summed E-state index contributed by atoms with van der Waals surface area (Å²) in [6, 6.07) is 7.80. The smallest absolute Gasteiger partial charge is 0.409 e. The van der Waals surface area contributed by atoms with Gasteiger partial charge in [0.25, 0.3) is 0 Å². The Balaban J connectivity index is 1.87. The van der Waals surface area contributed by atoms with E-state index in [9.17, 15) is 4.79 Å². The van der Waals surface area contributed by atoms with E-state index >= 15 is 0 Å². The van der Waals surface area contributed by atoms with Gasteiger partial charge < -0.3 is 9.64 Å². The van der Waals surface area contributed by atoms with Crippen LogP contribution in [0.25, 0.3) is 0 Å². The van der Waals surface area contributed by atoms with Crippen molar-refractivity contribution in [1.29, 1.82) is 0 Å². The van der Waals surface area contributed by atoms with Crippen molar-refractivity contribution in [1.82, 2.24) is 9.80 Å². The standard InChI is InChI=1S/C20H27ClN2O2/c1-3-5-15-25-20(24)23-13-11-22(12-14-23)19(4-2)10-9-17-7-6-8-18(21)16-17/h6-8,16,19H,3-5,11-15H2,1-2H3. The zero-order valence-electron chi connectivity index (χ0n) is 15.1. The van der Waals surface area contributed by atoms with Crippen LogP contribution >= 0.6 is 11.6 Å². The molecule has 1 atom stereocenters. The van der Waals surface area contributed by atoms with Gasteiger partial charge in [-0.3, -0.25) is 4.90 Å². The highest BCUT2D eigenvalue weighted by molar-refractivity contribution is 6.30. The molecule has 0 aromatic heterocycles. The summed E-state index contributed by atoms with van der Waals surface area (Å²) in [5, 5.41) is 0.704. The molecule has 5 heteroatoms. The molecule has 1 amide bonds.